The van der Waals surface area contributed by atoms with Gasteiger partial charge < -0.3 is 0 Å². The second kappa shape index (κ2) is 2.92. The maximum atomic E-state index is 4.47. The molecule has 0 radical (unpaired) electrons. The highest BCUT2D eigenvalue weighted by molar-refractivity contribution is 7.80. The Morgan fingerprint density at radius 1 is 1.23 bits per heavy atom. The molecule has 0 nitrogen and oxygen atoms in total. The first-order valence-corrected chi connectivity index (χ1v) is 6.61. The number of fused-ring (bicyclic) bond motifs is 5. The number of hydrogen-bond acceptors (Lipinski definition) is 1. The van der Waals surface area contributed by atoms with Gasteiger partial charge in [0.05, 0.1) is 0 Å². The smallest absolute Gasteiger partial charge is 0.00924 e. The summed E-state index contributed by atoms with van der Waals surface area (Å²) in [5, 5.41) is 0. The maximum Gasteiger partial charge on any atom is -0.00924 e. The number of rotatable bonds is 2. The van der Waals surface area contributed by atoms with Crippen molar-refractivity contribution in [2.45, 2.75) is 44.9 Å². The summed E-state index contributed by atoms with van der Waals surface area (Å²) in [6.45, 7) is 0. The van der Waals surface area contributed by atoms with Gasteiger partial charge in [-0.25, -0.2) is 0 Å². The Morgan fingerprint density at radius 2 is 2.15 bits per heavy atom. The second-order valence-corrected chi connectivity index (χ2v) is 5.92. The SMILES string of the molecule is SCCC12CCCC1C1CCC2C1. The summed E-state index contributed by atoms with van der Waals surface area (Å²) in [6, 6.07) is 0. The molecule has 3 saturated carbocycles. The third kappa shape index (κ3) is 1.00. The largest absolute Gasteiger partial charge is 0.179 e. The minimum absolute atomic E-state index is 0.796. The van der Waals surface area contributed by atoms with E-state index in [-0.39, 0.29) is 0 Å². The van der Waals surface area contributed by atoms with E-state index in [2.05, 4.69) is 12.6 Å². The second-order valence-electron chi connectivity index (χ2n) is 5.48. The van der Waals surface area contributed by atoms with Crippen molar-refractivity contribution in [2.24, 2.45) is 23.2 Å². The minimum Gasteiger partial charge on any atom is -0.179 e. The van der Waals surface area contributed by atoms with E-state index in [9.17, 15) is 0 Å². The van der Waals surface area contributed by atoms with Crippen molar-refractivity contribution in [3.05, 3.63) is 0 Å². The Bertz CT molecular complexity index is 213. The van der Waals surface area contributed by atoms with Crippen LogP contribution in [0.25, 0.3) is 0 Å². The van der Waals surface area contributed by atoms with Crippen molar-refractivity contribution in [1.82, 2.24) is 0 Å². The Labute approximate surface area is 86.9 Å². The van der Waals surface area contributed by atoms with E-state index in [0.29, 0.717) is 0 Å². The van der Waals surface area contributed by atoms with Crippen LogP contribution < -0.4 is 0 Å². The van der Waals surface area contributed by atoms with Gasteiger partial charge in [-0.15, -0.1) is 0 Å². The van der Waals surface area contributed by atoms with Gasteiger partial charge in [0.25, 0.3) is 0 Å². The van der Waals surface area contributed by atoms with E-state index in [4.69, 9.17) is 0 Å². The van der Waals surface area contributed by atoms with Crippen molar-refractivity contribution in [1.29, 1.82) is 0 Å². The predicted octanol–water partition coefficient (Wildman–Crippen LogP) is 3.52. The van der Waals surface area contributed by atoms with Crippen LogP contribution in [0.3, 0.4) is 0 Å². The summed E-state index contributed by atoms with van der Waals surface area (Å²) in [4.78, 5) is 0. The molecule has 0 N–H and O–H groups in total. The molecule has 0 aromatic carbocycles. The highest BCUT2D eigenvalue weighted by Crippen LogP contribution is 2.67. The summed E-state index contributed by atoms with van der Waals surface area (Å²) < 4.78 is 0. The van der Waals surface area contributed by atoms with Crippen LogP contribution in [0.5, 0.6) is 0 Å². The van der Waals surface area contributed by atoms with Gasteiger partial charge in [0.2, 0.25) is 0 Å². The fourth-order valence-corrected chi connectivity index (χ4v) is 5.38. The first kappa shape index (κ1) is 8.64. The Hall–Kier alpha value is 0.350. The average Bonchev–Trinajstić information content (AvgIpc) is 2.72. The highest BCUT2D eigenvalue weighted by Gasteiger charge is 2.58. The van der Waals surface area contributed by atoms with Crippen molar-refractivity contribution >= 4 is 12.6 Å². The summed E-state index contributed by atoms with van der Waals surface area (Å²) in [6.07, 6.45) is 10.7. The van der Waals surface area contributed by atoms with E-state index < -0.39 is 0 Å². The van der Waals surface area contributed by atoms with Crippen molar-refractivity contribution in [3.63, 3.8) is 0 Å². The Balaban J connectivity index is 1.90. The van der Waals surface area contributed by atoms with E-state index in [1.54, 1.807) is 32.1 Å². The zero-order valence-corrected chi connectivity index (χ0v) is 9.23. The molecule has 3 aliphatic carbocycles. The molecular weight excluding hydrogens is 176 g/mol. The van der Waals surface area contributed by atoms with Crippen LogP contribution in [-0.2, 0) is 0 Å². The highest BCUT2D eigenvalue weighted by atomic mass is 32.1. The average molecular weight is 196 g/mol. The molecule has 3 rings (SSSR count). The van der Waals surface area contributed by atoms with Crippen LogP contribution in [0.2, 0.25) is 0 Å². The molecule has 74 valence electrons. The summed E-state index contributed by atoms with van der Waals surface area (Å²) in [5.74, 6) is 4.49. The van der Waals surface area contributed by atoms with Crippen LogP contribution in [0, 0.1) is 23.2 Å². The lowest BCUT2D eigenvalue weighted by Crippen LogP contribution is -2.32. The predicted molar refractivity (Wildman–Crippen MR) is 59.1 cm³/mol. The molecule has 0 aliphatic heterocycles. The van der Waals surface area contributed by atoms with Gasteiger partial charge in [0, 0.05) is 0 Å². The van der Waals surface area contributed by atoms with E-state index >= 15 is 0 Å². The van der Waals surface area contributed by atoms with E-state index in [1.807, 2.05) is 0 Å². The third-order valence-electron chi connectivity index (χ3n) is 5.33. The molecule has 0 heterocycles. The van der Waals surface area contributed by atoms with Crippen molar-refractivity contribution in [3.8, 4) is 0 Å². The molecule has 3 fully saturated rings. The molecular formula is C12H20S. The monoisotopic (exact) mass is 196 g/mol. The van der Waals surface area contributed by atoms with Crippen LogP contribution in [0.15, 0.2) is 0 Å². The number of hydrogen-bond donors (Lipinski definition) is 1. The van der Waals surface area contributed by atoms with Crippen LogP contribution >= 0.6 is 12.6 Å². The van der Waals surface area contributed by atoms with Crippen molar-refractivity contribution in [2.75, 3.05) is 5.75 Å². The zero-order chi connectivity index (χ0) is 8.89. The quantitative estimate of drug-likeness (QED) is 0.642. The lowest BCUT2D eigenvalue weighted by molar-refractivity contribution is 0.107. The molecule has 0 saturated heterocycles. The van der Waals surface area contributed by atoms with Crippen LogP contribution in [-0.4, -0.2) is 5.75 Å². The molecule has 2 bridgehead atoms. The molecule has 4 atom stereocenters. The Morgan fingerprint density at radius 3 is 3.00 bits per heavy atom. The van der Waals surface area contributed by atoms with Gasteiger partial charge in [-0.2, -0.15) is 12.6 Å². The molecule has 4 unspecified atom stereocenters. The zero-order valence-electron chi connectivity index (χ0n) is 8.34. The number of thiol groups is 1. The molecule has 1 heteroatoms. The third-order valence-corrected chi connectivity index (χ3v) is 5.55. The first-order chi connectivity index (χ1) is 6.37. The van der Waals surface area contributed by atoms with Gasteiger partial charge in [0.1, 0.15) is 0 Å². The van der Waals surface area contributed by atoms with Gasteiger partial charge in [0.15, 0.2) is 0 Å². The summed E-state index contributed by atoms with van der Waals surface area (Å²) >= 11 is 4.47. The van der Waals surface area contributed by atoms with Gasteiger partial charge in [-0.3, -0.25) is 0 Å². The molecule has 13 heavy (non-hydrogen) atoms. The minimum atomic E-state index is 0.796. The molecule has 0 amide bonds. The fraction of sp³-hybridized carbons (Fsp3) is 1.00. The fourth-order valence-electron chi connectivity index (χ4n) is 4.96. The summed E-state index contributed by atoms with van der Waals surface area (Å²) in [5.41, 5.74) is 0.796. The summed E-state index contributed by atoms with van der Waals surface area (Å²) in [7, 11) is 0. The van der Waals surface area contributed by atoms with Crippen molar-refractivity contribution < 1.29 is 0 Å². The first-order valence-electron chi connectivity index (χ1n) is 5.98. The lowest BCUT2D eigenvalue weighted by Gasteiger charge is -2.39. The Kier molecular flexibility index (Phi) is 1.94. The molecule has 0 aromatic rings. The molecule has 3 aliphatic rings. The topological polar surface area (TPSA) is 0 Å². The molecule has 0 aromatic heterocycles. The van der Waals surface area contributed by atoms with Gasteiger partial charge in [-0.1, -0.05) is 6.42 Å². The van der Waals surface area contributed by atoms with Gasteiger partial charge >= 0.3 is 0 Å². The van der Waals surface area contributed by atoms with Crippen LogP contribution in [0.1, 0.15) is 44.9 Å². The maximum absolute atomic E-state index is 4.47. The van der Waals surface area contributed by atoms with Gasteiger partial charge in [-0.05, 0) is 67.4 Å². The van der Waals surface area contributed by atoms with E-state index in [1.165, 1.54) is 12.8 Å². The van der Waals surface area contributed by atoms with Crippen LogP contribution in [0.4, 0.5) is 0 Å². The normalized spacial score (nSPS) is 52.8. The van der Waals surface area contributed by atoms with E-state index in [0.717, 1.165) is 28.9 Å². The lowest BCUT2D eigenvalue weighted by atomic mass is 9.66. The standard InChI is InChI=1S/C12H20S/c13-7-6-12-5-1-2-11(12)9-3-4-10(12)8-9/h9-11,13H,1-8H2. The molecule has 0 spiro atoms.